The maximum Gasteiger partial charge on any atom is 0.510 e. The molecule has 2 aromatic carbocycles. The van der Waals surface area contributed by atoms with E-state index in [-0.39, 0.29) is 69.4 Å². The summed E-state index contributed by atoms with van der Waals surface area (Å²) in [4.78, 5) is 70.1. The van der Waals surface area contributed by atoms with Gasteiger partial charge < -0.3 is 68.7 Å². The van der Waals surface area contributed by atoms with Crippen molar-refractivity contribution in [3.63, 3.8) is 0 Å². The van der Waals surface area contributed by atoms with E-state index in [2.05, 4.69) is 10.6 Å². The number of hydrogen-bond donors (Lipinski definition) is 4. The second kappa shape index (κ2) is 24.5. The molecule has 20 nitrogen and oxygen atoms in total. The molecule has 5 N–H and O–H groups in total. The zero-order valence-corrected chi connectivity index (χ0v) is 37.2. The van der Waals surface area contributed by atoms with Crippen molar-refractivity contribution in [1.82, 2.24) is 14.9 Å². The minimum absolute atomic E-state index is 0.0488. The molecule has 6 rings (SSSR count). The number of aryl methyl sites for hydroxylation is 1. The summed E-state index contributed by atoms with van der Waals surface area (Å²) in [5.41, 5.74) is 7.81. The fourth-order valence-electron chi connectivity index (χ4n) is 7.52. The molecule has 1 atom stereocenters. The minimum atomic E-state index is -1.96. The predicted octanol–water partition coefficient (Wildman–Crippen LogP) is 2.82. The highest BCUT2D eigenvalue weighted by Gasteiger charge is 2.51. The number of nitrogens with two attached hydrogens (primary N) is 1. The van der Waals surface area contributed by atoms with Gasteiger partial charge in [0.25, 0.3) is 5.56 Å². The van der Waals surface area contributed by atoms with Crippen LogP contribution in [0.4, 0.5) is 10.5 Å². The van der Waals surface area contributed by atoms with Gasteiger partial charge in [-0.05, 0) is 60.4 Å². The largest absolute Gasteiger partial charge is 0.510 e. The number of carbonyl (C=O) groups is 4. The number of hydrogen-bond acceptors (Lipinski definition) is 17. The second-order valence-electron chi connectivity index (χ2n) is 15.1. The molecule has 66 heavy (non-hydrogen) atoms. The molecule has 0 unspecified atom stereocenters. The van der Waals surface area contributed by atoms with Gasteiger partial charge in [0.1, 0.15) is 32.2 Å². The lowest BCUT2D eigenvalue weighted by Gasteiger charge is -2.35. The summed E-state index contributed by atoms with van der Waals surface area (Å²) in [7, 11) is 0. The molecule has 2 amide bonds. The second-order valence-corrected chi connectivity index (χ2v) is 15.1. The number of amides is 2. The average molecular weight is 920 g/mol. The Morgan fingerprint density at radius 1 is 0.818 bits per heavy atom. The molecule has 0 fully saturated rings. The molecule has 20 heteroatoms. The molecule has 0 radical (unpaired) electrons. The number of phenolic OH excluding ortho intramolecular Hbond substituents is 1. The number of fused-ring (bicyclic) bond motifs is 5. The van der Waals surface area contributed by atoms with Gasteiger partial charge in [-0.25, -0.2) is 14.6 Å². The Kier molecular flexibility index (Phi) is 18.4. The minimum Gasteiger partial charge on any atom is -0.508 e. The SMILES string of the molecule is CCc1c2c(nc3ccc(O)cc13)-c1cc3c(c(=O)n1C2)COC(=O)[C@@]3(CC)OC(=O)OCc1ccc(NC(=O)COCC(=O)NCCOCCOCCOCCOCCOCCN)cc1. The van der Waals surface area contributed by atoms with Crippen LogP contribution in [0.3, 0.4) is 0 Å². The first-order valence-corrected chi connectivity index (χ1v) is 21.9. The van der Waals surface area contributed by atoms with E-state index in [0.717, 1.165) is 16.5 Å². The number of esters is 1. The monoisotopic (exact) mass is 919 g/mol. The van der Waals surface area contributed by atoms with Crippen molar-refractivity contribution in [2.24, 2.45) is 5.73 Å². The molecule has 4 heterocycles. The summed E-state index contributed by atoms with van der Waals surface area (Å²) in [6.07, 6.45) is -0.584. The summed E-state index contributed by atoms with van der Waals surface area (Å²) in [5.74, 6) is -1.63. The van der Waals surface area contributed by atoms with Gasteiger partial charge in [-0.15, -0.1) is 0 Å². The molecular weight excluding hydrogens is 863 g/mol. The van der Waals surface area contributed by atoms with E-state index in [9.17, 15) is 29.1 Å². The zero-order chi connectivity index (χ0) is 46.9. The Balaban J connectivity index is 0.887. The third kappa shape index (κ3) is 12.7. The van der Waals surface area contributed by atoms with Crippen molar-refractivity contribution in [2.75, 3.05) is 97.7 Å². The number of benzene rings is 2. The lowest BCUT2D eigenvalue weighted by atomic mass is 9.85. The van der Waals surface area contributed by atoms with Gasteiger partial charge in [-0.1, -0.05) is 26.0 Å². The van der Waals surface area contributed by atoms with Crippen LogP contribution in [-0.2, 0) is 88.8 Å². The van der Waals surface area contributed by atoms with Crippen LogP contribution in [0.25, 0.3) is 22.3 Å². The molecule has 4 aromatic rings. The Morgan fingerprint density at radius 3 is 2.12 bits per heavy atom. The van der Waals surface area contributed by atoms with Gasteiger partial charge in [-0.2, -0.15) is 0 Å². The fraction of sp³-hybridized carbons (Fsp3) is 0.478. The Bertz CT molecular complexity index is 2370. The van der Waals surface area contributed by atoms with Crippen LogP contribution in [0.5, 0.6) is 5.75 Å². The van der Waals surface area contributed by atoms with Crippen molar-refractivity contribution in [3.8, 4) is 17.1 Å². The number of carbonyl (C=O) groups excluding carboxylic acids is 4. The molecule has 0 saturated carbocycles. The first-order chi connectivity index (χ1) is 32.1. The molecule has 2 aliphatic heterocycles. The normalized spacial score (nSPS) is 14.9. The van der Waals surface area contributed by atoms with Gasteiger partial charge in [-0.3, -0.25) is 14.4 Å². The van der Waals surface area contributed by atoms with Crippen molar-refractivity contribution in [2.45, 2.75) is 52.0 Å². The highest BCUT2D eigenvalue weighted by atomic mass is 16.7. The standard InChI is InChI=1S/C46H57N5O15/c1-3-33-34-23-32(52)9-10-38(34)50-42-35(33)25-51-39(42)24-37-36(43(51)55)27-64-44(56)46(37,4-2)66-45(57)65-26-30-5-7-31(8-6-30)49-41(54)29-63-28-40(53)48-12-14-59-16-18-61-20-22-62-21-19-60-17-15-58-13-11-47/h5-10,23-24,52H,3-4,11-22,25-29,47H2,1-2H3,(H,48,53)(H,49,54)/t46-/m0/s1. The fourth-order valence-corrected chi connectivity index (χ4v) is 7.52. The number of nitrogens with one attached hydrogen (secondary N) is 2. The Hall–Kier alpha value is -6.00. The van der Waals surface area contributed by atoms with Crippen LogP contribution in [0.1, 0.15) is 48.1 Å². The van der Waals surface area contributed by atoms with E-state index in [4.69, 9.17) is 53.3 Å². The number of aromatic hydroxyl groups is 1. The van der Waals surface area contributed by atoms with E-state index >= 15 is 0 Å². The maximum absolute atomic E-state index is 14.0. The summed E-state index contributed by atoms with van der Waals surface area (Å²) in [6.45, 7) is 7.65. The van der Waals surface area contributed by atoms with Crippen LogP contribution in [-0.4, -0.2) is 131 Å². The van der Waals surface area contributed by atoms with Crippen molar-refractivity contribution >= 4 is 40.5 Å². The highest BCUT2D eigenvalue weighted by molar-refractivity contribution is 5.92. The first kappa shape index (κ1) is 49.4. The summed E-state index contributed by atoms with van der Waals surface area (Å²) in [6, 6.07) is 13.0. The molecule has 2 aromatic heterocycles. The number of rotatable bonds is 27. The lowest BCUT2D eigenvalue weighted by Crippen LogP contribution is -2.47. The molecule has 0 aliphatic carbocycles. The molecule has 356 valence electrons. The number of pyridine rings is 2. The van der Waals surface area contributed by atoms with E-state index in [1.165, 1.54) is 0 Å². The maximum atomic E-state index is 14.0. The van der Waals surface area contributed by atoms with Crippen molar-refractivity contribution in [1.29, 1.82) is 0 Å². The van der Waals surface area contributed by atoms with Crippen LogP contribution < -0.4 is 21.9 Å². The van der Waals surface area contributed by atoms with Gasteiger partial charge in [0, 0.05) is 35.3 Å². The van der Waals surface area contributed by atoms with E-state index in [0.29, 0.717) is 101 Å². The topological polar surface area (TPSA) is 257 Å². The van der Waals surface area contributed by atoms with E-state index in [1.807, 2.05) is 6.92 Å². The number of cyclic esters (lactones) is 1. The molecule has 0 spiro atoms. The van der Waals surface area contributed by atoms with E-state index < -0.39 is 35.1 Å². The van der Waals surface area contributed by atoms with Gasteiger partial charge in [0.2, 0.25) is 17.4 Å². The number of aromatic nitrogens is 2. The summed E-state index contributed by atoms with van der Waals surface area (Å²) >= 11 is 0. The van der Waals surface area contributed by atoms with Gasteiger partial charge >= 0.3 is 12.1 Å². The first-order valence-electron chi connectivity index (χ1n) is 21.9. The van der Waals surface area contributed by atoms with Crippen LogP contribution in [0, 0.1) is 0 Å². The molecule has 0 bridgehead atoms. The quantitative estimate of drug-likeness (QED) is 0.0436. The Labute approximate surface area is 380 Å². The van der Waals surface area contributed by atoms with Crippen LogP contribution >= 0.6 is 0 Å². The van der Waals surface area contributed by atoms with Crippen LogP contribution in [0.2, 0.25) is 0 Å². The zero-order valence-electron chi connectivity index (χ0n) is 37.2. The van der Waals surface area contributed by atoms with Gasteiger partial charge in [0.15, 0.2) is 0 Å². The number of phenols is 1. The van der Waals surface area contributed by atoms with Crippen molar-refractivity contribution in [3.05, 3.63) is 86.7 Å². The number of ether oxygens (including phenoxy) is 9. The third-order valence-corrected chi connectivity index (χ3v) is 10.7. The average Bonchev–Trinajstić information content (AvgIpc) is 3.68. The Morgan fingerprint density at radius 2 is 1.47 bits per heavy atom. The molecule has 0 saturated heterocycles. The van der Waals surface area contributed by atoms with Crippen molar-refractivity contribution < 1.29 is 66.9 Å². The van der Waals surface area contributed by atoms with Gasteiger partial charge in [0.05, 0.1) is 95.1 Å². The summed E-state index contributed by atoms with van der Waals surface area (Å²) < 4.78 is 50.3. The predicted molar refractivity (Wildman–Crippen MR) is 237 cm³/mol. The van der Waals surface area contributed by atoms with Crippen LogP contribution in [0.15, 0.2) is 53.3 Å². The molecule has 2 aliphatic rings. The van der Waals surface area contributed by atoms with E-state index in [1.54, 1.807) is 60.0 Å². The number of nitrogens with zero attached hydrogens (tertiary/aromatic N) is 2. The smallest absolute Gasteiger partial charge is 0.508 e. The highest BCUT2D eigenvalue weighted by Crippen LogP contribution is 2.42. The third-order valence-electron chi connectivity index (χ3n) is 10.7. The number of anilines is 1. The molecular formula is C46H57N5O15. The summed E-state index contributed by atoms with van der Waals surface area (Å²) in [5, 5.41) is 16.3. The lowest BCUT2D eigenvalue weighted by molar-refractivity contribution is -0.175.